The Morgan fingerprint density at radius 1 is 1.20 bits per heavy atom. The van der Waals surface area contributed by atoms with Crippen LogP contribution in [0.4, 0.5) is 5.95 Å². The summed E-state index contributed by atoms with van der Waals surface area (Å²) in [5.41, 5.74) is 2.18. The van der Waals surface area contributed by atoms with Crippen LogP contribution in [-0.2, 0) is 9.53 Å². The summed E-state index contributed by atoms with van der Waals surface area (Å²) < 4.78 is 7.76. The molecule has 1 amide bonds. The zero-order valence-electron chi connectivity index (χ0n) is 18.7. The van der Waals surface area contributed by atoms with Gasteiger partial charge in [0, 0.05) is 36.3 Å². The van der Waals surface area contributed by atoms with Crippen LogP contribution < -0.4 is 10.6 Å². The van der Waals surface area contributed by atoms with Gasteiger partial charge in [-0.2, -0.15) is 10.1 Å². The molecule has 35 heavy (non-hydrogen) atoms. The average molecular weight is 557 g/mol. The molecule has 1 saturated heterocycles. The van der Waals surface area contributed by atoms with E-state index in [1.807, 2.05) is 24.3 Å². The highest BCUT2D eigenvalue weighted by molar-refractivity contribution is 9.10. The van der Waals surface area contributed by atoms with Crippen LogP contribution in [-0.4, -0.2) is 55.9 Å². The first-order valence-electron chi connectivity index (χ1n) is 11.7. The highest BCUT2D eigenvalue weighted by Crippen LogP contribution is 2.31. The van der Waals surface area contributed by atoms with Gasteiger partial charge in [-0.3, -0.25) is 9.78 Å². The molecule has 9 nitrogen and oxygen atoms in total. The van der Waals surface area contributed by atoms with E-state index in [2.05, 4.69) is 41.6 Å². The van der Waals surface area contributed by atoms with Gasteiger partial charge in [-0.05, 0) is 59.8 Å². The minimum atomic E-state index is -0.00939. The summed E-state index contributed by atoms with van der Waals surface area (Å²) in [5, 5.41) is 13.4. The Balaban J connectivity index is 1.23. The molecular weight excluding hydrogens is 534 g/mol. The van der Waals surface area contributed by atoms with Crippen LogP contribution in [0.2, 0.25) is 5.02 Å². The van der Waals surface area contributed by atoms with Crippen molar-refractivity contribution in [2.45, 2.75) is 37.8 Å². The molecule has 0 spiro atoms. The van der Waals surface area contributed by atoms with Gasteiger partial charge in [0.2, 0.25) is 11.9 Å². The van der Waals surface area contributed by atoms with Gasteiger partial charge in [0.15, 0.2) is 5.65 Å². The normalized spacial score (nSPS) is 22.2. The third-order valence-corrected chi connectivity index (χ3v) is 7.55. The molecule has 2 aliphatic rings. The maximum absolute atomic E-state index is 12.6. The van der Waals surface area contributed by atoms with Crippen LogP contribution in [0.5, 0.6) is 0 Å². The summed E-state index contributed by atoms with van der Waals surface area (Å²) in [7, 11) is 0. The molecule has 0 unspecified atom stereocenters. The Bertz CT molecular complexity index is 1420. The van der Waals surface area contributed by atoms with E-state index in [9.17, 15) is 4.79 Å². The molecule has 2 N–H and O–H groups in total. The number of anilines is 1. The Hall–Kier alpha value is -2.82. The number of nitrogens with zero attached hydrogens (tertiary/aromatic N) is 5. The number of benzene rings is 1. The Morgan fingerprint density at radius 3 is 2.97 bits per heavy atom. The van der Waals surface area contributed by atoms with E-state index in [4.69, 9.17) is 21.3 Å². The quantitative estimate of drug-likeness (QED) is 0.378. The number of nitrogens with one attached hydrogen (secondary N) is 2. The molecule has 1 saturated carbocycles. The van der Waals surface area contributed by atoms with Crippen molar-refractivity contribution < 1.29 is 9.53 Å². The number of carbonyl (C=O) groups is 1. The SMILES string of the molecule is O=C(N[C@@H]1CCOC1)[C@@H]1CC[C@@H](Nc2ncc3c(Br)nn(-c4cc(Cl)c5ncccc5c4)c3n2)C1. The van der Waals surface area contributed by atoms with Gasteiger partial charge >= 0.3 is 0 Å². The third-order valence-electron chi connectivity index (χ3n) is 6.68. The number of amides is 1. The van der Waals surface area contributed by atoms with Crippen LogP contribution in [0.1, 0.15) is 25.7 Å². The van der Waals surface area contributed by atoms with Crippen LogP contribution in [0.25, 0.3) is 27.6 Å². The maximum atomic E-state index is 12.6. The number of hydrogen-bond donors (Lipinski definition) is 2. The highest BCUT2D eigenvalue weighted by atomic mass is 79.9. The molecule has 11 heteroatoms. The molecule has 4 aromatic rings. The lowest BCUT2D eigenvalue weighted by molar-refractivity contribution is -0.125. The number of carbonyl (C=O) groups excluding carboxylic acids is 1. The van der Waals surface area contributed by atoms with Crippen molar-refractivity contribution in [3.8, 4) is 5.69 Å². The topological polar surface area (TPSA) is 107 Å². The number of ether oxygens (including phenoxy) is 1. The first-order chi connectivity index (χ1) is 17.0. The lowest BCUT2D eigenvalue weighted by atomic mass is 10.1. The molecule has 3 atom stereocenters. The van der Waals surface area contributed by atoms with E-state index in [0.717, 1.165) is 47.7 Å². The zero-order valence-corrected chi connectivity index (χ0v) is 21.1. The molecule has 3 aromatic heterocycles. The molecule has 4 heterocycles. The standard InChI is InChI=1S/C24H23BrClN7O2/c25-21-18-11-28-24(30-15-4-3-14(8-15)23(34)29-16-5-7-35-12-16)31-22(18)33(32-21)17-9-13-2-1-6-27-20(13)19(26)10-17/h1-2,6,9-11,14-16H,3-5,7-8,12H2,(H,29,34)(H,28,30,31)/t14-,15-,16-/m1/s1. The second kappa shape index (κ2) is 9.33. The number of halogens is 2. The van der Waals surface area contributed by atoms with Crippen LogP contribution in [0.3, 0.4) is 0 Å². The molecule has 6 rings (SSSR count). The predicted octanol–water partition coefficient (Wildman–Crippen LogP) is 4.27. The molecule has 180 valence electrons. The third kappa shape index (κ3) is 4.46. The van der Waals surface area contributed by atoms with Crippen molar-refractivity contribution >= 4 is 61.3 Å². The summed E-state index contributed by atoms with van der Waals surface area (Å²) in [6.45, 7) is 1.32. The van der Waals surface area contributed by atoms with E-state index in [1.165, 1.54) is 0 Å². The fourth-order valence-electron chi connectivity index (χ4n) is 4.87. The van der Waals surface area contributed by atoms with Gasteiger partial charge in [-0.1, -0.05) is 17.7 Å². The lowest BCUT2D eigenvalue weighted by Gasteiger charge is -2.16. The minimum absolute atomic E-state index is 0.00939. The fraction of sp³-hybridized carbons (Fsp3) is 0.375. The predicted molar refractivity (Wildman–Crippen MR) is 137 cm³/mol. The number of rotatable bonds is 5. The average Bonchev–Trinajstić information content (AvgIpc) is 3.60. The van der Waals surface area contributed by atoms with Crippen LogP contribution in [0, 0.1) is 5.92 Å². The first-order valence-corrected chi connectivity index (χ1v) is 12.8. The largest absolute Gasteiger partial charge is 0.379 e. The zero-order chi connectivity index (χ0) is 23.9. The second-order valence-corrected chi connectivity index (χ2v) is 10.2. The first kappa shape index (κ1) is 22.6. The van der Waals surface area contributed by atoms with E-state index in [-0.39, 0.29) is 23.9 Å². The number of pyridine rings is 1. The van der Waals surface area contributed by atoms with E-state index in [0.29, 0.717) is 34.4 Å². The summed E-state index contributed by atoms with van der Waals surface area (Å²) >= 11 is 10.0. The van der Waals surface area contributed by atoms with Gasteiger partial charge in [0.25, 0.3) is 0 Å². The van der Waals surface area contributed by atoms with Gasteiger partial charge in [-0.25, -0.2) is 9.67 Å². The number of hydrogen-bond acceptors (Lipinski definition) is 7. The molecule has 1 aromatic carbocycles. The summed E-state index contributed by atoms with van der Waals surface area (Å²) in [6, 6.07) is 7.92. The Morgan fingerprint density at radius 2 is 2.11 bits per heavy atom. The Kier molecular flexibility index (Phi) is 6.03. The van der Waals surface area contributed by atoms with E-state index in [1.54, 1.807) is 17.1 Å². The molecule has 0 bridgehead atoms. The van der Waals surface area contributed by atoms with Gasteiger partial charge in [0.1, 0.15) is 4.60 Å². The number of aromatic nitrogens is 5. The van der Waals surface area contributed by atoms with Gasteiger partial charge in [0.05, 0.1) is 34.3 Å². The maximum Gasteiger partial charge on any atom is 0.224 e. The molecular formula is C24H23BrClN7O2. The van der Waals surface area contributed by atoms with Crippen molar-refractivity contribution in [2.24, 2.45) is 5.92 Å². The van der Waals surface area contributed by atoms with Crippen molar-refractivity contribution in [1.82, 2.24) is 30.0 Å². The van der Waals surface area contributed by atoms with E-state index >= 15 is 0 Å². The Labute approximate surface area is 214 Å². The molecule has 0 radical (unpaired) electrons. The summed E-state index contributed by atoms with van der Waals surface area (Å²) in [4.78, 5) is 26.3. The molecule has 1 aliphatic heterocycles. The van der Waals surface area contributed by atoms with Gasteiger partial charge < -0.3 is 15.4 Å². The minimum Gasteiger partial charge on any atom is -0.379 e. The second-order valence-electron chi connectivity index (χ2n) is 9.06. The summed E-state index contributed by atoms with van der Waals surface area (Å²) in [5.74, 6) is 0.616. The highest BCUT2D eigenvalue weighted by Gasteiger charge is 2.32. The monoisotopic (exact) mass is 555 g/mol. The van der Waals surface area contributed by atoms with Gasteiger partial charge in [-0.15, -0.1) is 0 Å². The van der Waals surface area contributed by atoms with Crippen molar-refractivity contribution in [3.05, 3.63) is 46.3 Å². The van der Waals surface area contributed by atoms with Crippen LogP contribution in [0.15, 0.2) is 41.3 Å². The summed E-state index contributed by atoms with van der Waals surface area (Å²) in [6.07, 6.45) is 6.83. The van der Waals surface area contributed by atoms with E-state index < -0.39 is 0 Å². The lowest BCUT2D eigenvalue weighted by Crippen LogP contribution is -2.38. The molecule has 1 aliphatic carbocycles. The number of fused-ring (bicyclic) bond motifs is 2. The van der Waals surface area contributed by atoms with Crippen molar-refractivity contribution in [1.29, 1.82) is 0 Å². The molecule has 2 fully saturated rings. The smallest absolute Gasteiger partial charge is 0.224 e. The van der Waals surface area contributed by atoms with Crippen molar-refractivity contribution in [3.63, 3.8) is 0 Å². The fourth-order valence-corrected chi connectivity index (χ4v) is 5.58. The van der Waals surface area contributed by atoms with Crippen molar-refractivity contribution in [2.75, 3.05) is 18.5 Å². The van der Waals surface area contributed by atoms with Crippen LogP contribution >= 0.6 is 27.5 Å².